The van der Waals surface area contributed by atoms with E-state index in [4.69, 9.17) is 4.74 Å². The van der Waals surface area contributed by atoms with Gasteiger partial charge in [0.25, 0.3) is 0 Å². The summed E-state index contributed by atoms with van der Waals surface area (Å²) < 4.78 is 20.2. The Hall–Kier alpha value is -3.73. The van der Waals surface area contributed by atoms with Crippen LogP contribution in [0.2, 0.25) is 0 Å². The van der Waals surface area contributed by atoms with Gasteiger partial charge in [0, 0.05) is 12.7 Å². The van der Waals surface area contributed by atoms with E-state index in [9.17, 15) is 19.2 Å². The van der Waals surface area contributed by atoms with E-state index in [1.807, 2.05) is 0 Å². The first kappa shape index (κ1) is 22.0. The lowest BCUT2D eigenvalue weighted by molar-refractivity contribution is -0.152. The number of nitriles is 1. The van der Waals surface area contributed by atoms with E-state index in [-0.39, 0.29) is 23.6 Å². The van der Waals surface area contributed by atoms with Crippen molar-refractivity contribution >= 4 is 34.4 Å². The molecule has 0 saturated heterocycles. The van der Waals surface area contributed by atoms with E-state index in [0.29, 0.717) is 28.2 Å². The monoisotopic (exact) mass is 422 g/mol. The quantitative estimate of drug-likeness (QED) is 0.476. The molecule has 7 nitrogen and oxygen atoms in total. The number of anilines is 2. The summed E-state index contributed by atoms with van der Waals surface area (Å²) in [6.07, 6.45) is 0. The number of ether oxygens (including phenoxy) is 1. The Bertz CT molecular complexity index is 1240. The SMILES string of the molecule is CCOC(=O)C(C)(C(C)=O)c1ccc2nc(Nc3ccc(F)cc3C)n(C)c2c1C#N. The Labute approximate surface area is 179 Å². The second kappa shape index (κ2) is 8.19. The van der Waals surface area contributed by atoms with Gasteiger partial charge in [0.2, 0.25) is 5.95 Å². The van der Waals surface area contributed by atoms with Gasteiger partial charge in [-0.1, -0.05) is 6.07 Å². The molecule has 0 fully saturated rings. The van der Waals surface area contributed by atoms with E-state index < -0.39 is 17.2 Å². The molecule has 0 spiro atoms. The highest BCUT2D eigenvalue weighted by molar-refractivity contribution is 6.09. The molecule has 3 aromatic rings. The van der Waals surface area contributed by atoms with Gasteiger partial charge in [-0.2, -0.15) is 5.26 Å². The Kier molecular flexibility index (Phi) is 5.80. The van der Waals surface area contributed by atoms with Crippen molar-refractivity contribution in [3.63, 3.8) is 0 Å². The van der Waals surface area contributed by atoms with Crippen LogP contribution in [0.1, 0.15) is 37.5 Å². The van der Waals surface area contributed by atoms with E-state index in [0.717, 1.165) is 0 Å². The van der Waals surface area contributed by atoms with Crippen molar-refractivity contribution in [1.29, 1.82) is 5.26 Å². The number of nitrogens with zero attached hydrogens (tertiary/aromatic N) is 3. The second-order valence-electron chi connectivity index (χ2n) is 7.45. The Morgan fingerprint density at radius 2 is 2.03 bits per heavy atom. The number of aryl methyl sites for hydroxylation is 2. The van der Waals surface area contributed by atoms with Gasteiger partial charge < -0.3 is 14.6 Å². The van der Waals surface area contributed by atoms with Crippen molar-refractivity contribution in [2.45, 2.75) is 33.1 Å². The van der Waals surface area contributed by atoms with Crippen LogP contribution in [0.5, 0.6) is 0 Å². The number of nitrogens with one attached hydrogen (secondary N) is 1. The zero-order valence-electron chi connectivity index (χ0n) is 18.0. The molecule has 0 aliphatic carbocycles. The van der Waals surface area contributed by atoms with E-state index in [2.05, 4.69) is 16.4 Å². The number of esters is 1. The Morgan fingerprint density at radius 3 is 2.61 bits per heavy atom. The first-order chi connectivity index (χ1) is 14.6. The number of aromatic nitrogens is 2. The summed E-state index contributed by atoms with van der Waals surface area (Å²) in [4.78, 5) is 29.7. The summed E-state index contributed by atoms with van der Waals surface area (Å²) in [6, 6.07) is 9.72. The highest BCUT2D eigenvalue weighted by atomic mass is 19.1. The van der Waals surface area contributed by atoms with E-state index in [1.165, 1.54) is 26.0 Å². The number of ketones is 1. The van der Waals surface area contributed by atoms with Gasteiger partial charge in [-0.25, -0.2) is 9.37 Å². The number of imidazole rings is 1. The zero-order valence-corrected chi connectivity index (χ0v) is 18.0. The fourth-order valence-electron chi connectivity index (χ4n) is 3.55. The number of fused-ring (bicyclic) bond motifs is 1. The summed E-state index contributed by atoms with van der Waals surface area (Å²) >= 11 is 0. The number of rotatable bonds is 6. The first-order valence-corrected chi connectivity index (χ1v) is 9.76. The fraction of sp³-hybridized carbons (Fsp3) is 0.304. The molecule has 1 N–H and O–H groups in total. The average Bonchev–Trinajstić information content (AvgIpc) is 3.04. The number of hydrogen-bond donors (Lipinski definition) is 1. The van der Waals surface area contributed by atoms with Crippen molar-refractivity contribution in [2.75, 3.05) is 11.9 Å². The molecule has 1 aromatic heterocycles. The molecule has 1 unspecified atom stereocenters. The van der Waals surface area contributed by atoms with E-state index >= 15 is 0 Å². The number of Topliss-reactive ketones (excluding diaryl/α,β-unsaturated/α-hetero) is 1. The molecule has 2 aromatic carbocycles. The summed E-state index contributed by atoms with van der Waals surface area (Å²) in [6.45, 7) is 6.30. The summed E-state index contributed by atoms with van der Waals surface area (Å²) in [5.41, 5.74) is 1.15. The van der Waals surface area contributed by atoms with Crippen LogP contribution in [0.25, 0.3) is 11.0 Å². The van der Waals surface area contributed by atoms with Gasteiger partial charge in [0.15, 0.2) is 5.78 Å². The van der Waals surface area contributed by atoms with Crippen LogP contribution >= 0.6 is 0 Å². The molecule has 0 radical (unpaired) electrons. The second-order valence-corrected chi connectivity index (χ2v) is 7.45. The highest BCUT2D eigenvalue weighted by Crippen LogP contribution is 2.35. The molecule has 0 bridgehead atoms. The molecule has 1 atom stereocenters. The highest BCUT2D eigenvalue weighted by Gasteiger charge is 2.44. The van der Waals surface area contributed by atoms with Crippen LogP contribution in [0.3, 0.4) is 0 Å². The minimum absolute atomic E-state index is 0.114. The normalized spacial score (nSPS) is 12.8. The van der Waals surface area contributed by atoms with E-state index in [1.54, 1.807) is 43.7 Å². The average molecular weight is 422 g/mol. The van der Waals surface area contributed by atoms with Gasteiger partial charge in [-0.15, -0.1) is 0 Å². The summed E-state index contributed by atoms with van der Waals surface area (Å²) in [5, 5.41) is 13.1. The van der Waals surface area contributed by atoms with Crippen LogP contribution in [0, 0.1) is 24.1 Å². The minimum atomic E-state index is -1.62. The largest absolute Gasteiger partial charge is 0.465 e. The van der Waals surface area contributed by atoms with Gasteiger partial charge >= 0.3 is 5.97 Å². The van der Waals surface area contributed by atoms with Crippen LogP contribution in [-0.2, 0) is 26.8 Å². The summed E-state index contributed by atoms with van der Waals surface area (Å²) in [7, 11) is 1.72. The molecule has 3 rings (SSSR count). The first-order valence-electron chi connectivity index (χ1n) is 9.76. The topological polar surface area (TPSA) is 97.0 Å². The molecule has 8 heteroatoms. The lowest BCUT2D eigenvalue weighted by atomic mass is 9.76. The van der Waals surface area contributed by atoms with Gasteiger partial charge in [0.05, 0.1) is 23.2 Å². The molecule has 0 aliphatic rings. The molecule has 0 aliphatic heterocycles. The number of carbonyl (C=O) groups is 2. The molecule has 160 valence electrons. The van der Waals surface area contributed by atoms with Crippen molar-refractivity contribution in [3.8, 4) is 6.07 Å². The van der Waals surface area contributed by atoms with Gasteiger partial charge in [-0.3, -0.25) is 9.59 Å². The minimum Gasteiger partial charge on any atom is -0.465 e. The van der Waals surface area contributed by atoms with Crippen LogP contribution in [0.15, 0.2) is 30.3 Å². The molecular weight excluding hydrogens is 399 g/mol. The third kappa shape index (κ3) is 3.63. The fourth-order valence-corrected chi connectivity index (χ4v) is 3.55. The molecule has 0 amide bonds. The van der Waals surface area contributed by atoms with Crippen LogP contribution < -0.4 is 5.32 Å². The predicted molar refractivity (Wildman–Crippen MR) is 115 cm³/mol. The number of halogens is 1. The van der Waals surface area contributed by atoms with Crippen molar-refractivity contribution in [2.24, 2.45) is 7.05 Å². The third-order valence-corrected chi connectivity index (χ3v) is 5.51. The Morgan fingerprint density at radius 1 is 1.32 bits per heavy atom. The number of benzene rings is 2. The van der Waals surface area contributed by atoms with Gasteiger partial charge in [-0.05, 0) is 63.1 Å². The molecular formula is C23H23FN4O3. The smallest absolute Gasteiger partial charge is 0.323 e. The lowest BCUT2D eigenvalue weighted by Gasteiger charge is -2.26. The van der Waals surface area contributed by atoms with Crippen molar-refractivity contribution in [1.82, 2.24) is 9.55 Å². The van der Waals surface area contributed by atoms with Gasteiger partial charge in [0.1, 0.15) is 17.3 Å². The third-order valence-electron chi connectivity index (χ3n) is 5.51. The van der Waals surface area contributed by atoms with Crippen LogP contribution in [-0.4, -0.2) is 27.9 Å². The summed E-state index contributed by atoms with van der Waals surface area (Å²) in [5.74, 6) is -1.05. The predicted octanol–water partition coefficient (Wildman–Crippen LogP) is 4.05. The standard InChI is InChI=1S/C23H23FN4O3/c1-6-31-21(30)23(4,14(3)29)17-8-10-19-20(16(17)12-25)28(5)22(27-19)26-18-9-7-15(24)11-13(18)2/h7-11H,6H2,1-5H3,(H,26,27). The maximum atomic E-state index is 13.4. The lowest BCUT2D eigenvalue weighted by Crippen LogP contribution is -2.41. The maximum absolute atomic E-state index is 13.4. The molecule has 1 heterocycles. The van der Waals surface area contributed by atoms with Crippen molar-refractivity contribution in [3.05, 3.63) is 52.8 Å². The Balaban J connectivity index is 2.20. The number of hydrogen-bond acceptors (Lipinski definition) is 6. The zero-order chi connectivity index (χ0) is 22.9. The number of carbonyl (C=O) groups excluding carboxylic acids is 2. The van der Waals surface area contributed by atoms with Crippen molar-refractivity contribution < 1.29 is 18.7 Å². The maximum Gasteiger partial charge on any atom is 0.323 e. The molecule has 31 heavy (non-hydrogen) atoms. The molecule has 0 saturated carbocycles. The van der Waals surface area contributed by atoms with Crippen LogP contribution in [0.4, 0.5) is 16.0 Å².